The van der Waals surface area contributed by atoms with Gasteiger partial charge in [0.1, 0.15) is 23.1 Å². The Balaban J connectivity index is 1.98. The van der Waals surface area contributed by atoms with Crippen LogP contribution in [0.25, 0.3) is 11.4 Å². The standard InChI is InChI=1S/C17H14N6S/c1-3-8-23-16(13-6-4-12(2)5-7-13)21-22-17(23)24-15-9-14(10-18)19-11-20-15/h3-7,9,11H,1,8H2,2H3. The van der Waals surface area contributed by atoms with Crippen molar-refractivity contribution in [2.24, 2.45) is 0 Å². The van der Waals surface area contributed by atoms with Crippen LogP contribution in [0.3, 0.4) is 0 Å². The maximum absolute atomic E-state index is 8.95. The van der Waals surface area contributed by atoms with Crippen LogP contribution in [0.2, 0.25) is 0 Å². The van der Waals surface area contributed by atoms with Crippen molar-refractivity contribution in [3.8, 4) is 17.5 Å². The monoisotopic (exact) mass is 334 g/mol. The molecule has 24 heavy (non-hydrogen) atoms. The van der Waals surface area contributed by atoms with E-state index in [1.165, 1.54) is 23.7 Å². The molecule has 1 aromatic carbocycles. The van der Waals surface area contributed by atoms with Crippen LogP contribution in [-0.2, 0) is 6.54 Å². The van der Waals surface area contributed by atoms with Gasteiger partial charge in [0.25, 0.3) is 0 Å². The smallest absolute Gasteiger partial charge is 0.198 e. The molecule has 0 aliphatic heterocycles. The third-order valence-electron chi connectivity index (χ3n) is 3.29. The van der Waals surface area contributed by atoms with E-state index in [9.17, 15) is 0 Å². The summed E-state index contributed by atoms with van der Waals surface area (Å²) in [5, 5.41) is 18.9. The van der Waals surface area contributed by atoms with Gasteiger partial charge >= 0.3 is 0 Å². The topological polar surface area (TPSA) is 80.3 Å². The van der Waals surface area contributed by atoms with E-state index in [4.69, 9.17) is 5.26 Å². The second kappa shape index (κ2) is 7.06. The highest BCUT2D eigenvalue weighted by Crippen LogP contribution is 2.28. The van der Waals surface area contributed by atoms with Gasteiger partial charge in [-0.2, -0.15) is 5.26 Å². The van der Waals surface area contributed by atoms with Crippen LogP contribution >= 0.6 is 11.8 Å². The van der Waals surface area contributed by atoms with Crippen LogP contribution in [0.4, 0.5) is 0 Å². The average Bonchev–Trinajstić information content (AvgIpc) is 2.99. The first-order valence-corrected chi connectivity index (χ1v) is 8.04. The minimum atomic E-state index is 0.320. The van der Waals surface area contributed by atoms with Crippen molar-refractivity contribution in [2.75, 3.05) is 0 Å². The van der Waals surface area contributed by atoms with Crippen LogP contribution in [0, 0.1) is 18.3 Å². The zero-order valence-corrected chi connectivity index (χ0v) is 13.9. The molecule has 3 aromatic rings. The molecular formula is C17H14N6S. The molecule has 0 bridgehead atoms. The molecule has 7 heteroatoms. The summed E-state index contributed by atoms with van der Waals surface area (Å²) in [6, 6.07) is 11.8. The lowest BCUT2D eigenvalue weighted by Crippen LogP contribution is -2.01. The number of rotatable bonds is 5. The van der Waals surface area contributed by atoms with E-state index in [0.29, 0.717) is 22.4 Å². The zero-order chi connectivity index (χ0) is 16.9. The summed E-state index contributed by atoms with van der Waals surface area (Å²) in [6.45, 7) is 6.43. The summed E-state index contributed by atoms with van der Waals surface area (Å²) >= 11 is 1.34. The van der Waals surface area contributed by atoms with Crippen molar-refractivity contribution in [1.29, 1.82) is 5.26 Å². The molecule has 0 saturated carbocycles. The second-order valence-corrected chi connectivity index (χ2v) is 6.01. The molecule has 0 amide bonds. The van der Waals surface area contributed by atoms with Gasteiger partial charge in [0.05, 0.1) is 0 Å². The van der Waals surface area contributed by atoms with Crippen LogP contribution in [0.15, 0.2) is 59.5 Å². The van der Waals surface area contributed by atoms with Crippen molar-refractivity contribution in [1.82, 2.24) is 24.7 Å². The maximum atomic E-state index is 8.95. The Hall–Kier alpha value is -2.98. The van der Waals surface area contributed by atoms with E-state index >= 15 is 0 Å². The van der Waals surface area contributed by atoms with Gasteiger partial charge < -0.3 is 0 Å². The molecule has 2 aromatic heterocycles. The molecule has 0 fully saturated rings. The quantitative estimate of drug-likeness (QED) is 0.526. The van der Waals surface area contributed by atoms with E-state index < -0.39 is 0 Å². The number of hydrogen-bond acceptors (Lipinski definition) is 6. The fraction of sp³-hybridized carbons (Fsp3) is 0.118. The SMILES string of the molecule is C=CCn1c(Sc2cc(C#N)ncn2)nnc1-c1ccc(C)cc1. The molecule has 0 radical (unpaired) electrons. The molecular weight excluding hydrogens is 320 g/mol. The number of nitrogens with zero attached hydrogens (tertiary/aromatic N) is 6. The number of aromatic nitrogens is 5. The minimum Gasteiger partial charge on any atom is -0.298 e. The highest BCUT2D eigenvalue weighted by atomic mass is 32.2. The Morgan fingerprint density at radius 1 is 1.25 bits per heavy atom. The Bertz CT molecular complexity index is 908. The first-order chi connectivity index (χ1) is 11.7. The fourth-order valence-electron chi connectivity index (χ4n) is 2.12. The Morgan fingerprint density at radius 3 is 2.75 bits per heavy atom. The average molecular weight is 334 g/mol. The predicted molar refractivity (Wildman–Crippen MR) is 91.3 cm³/mol. The molecule has 0 saturated heterocycles. The van der Waals surface area contributed by atoms with Crippen LogP contribution in [0.5, 0.6) is 0 Å². The number of nitriles is 1. The van der Waals surface area contributed by atoms with Crippen molar-refractivity contribution in [3.05, 3.63) is 60.6 Å². The minimum absolute atomic E-state index is 0.320. The third kappa shape index (κ3) is 3.34. The molecule has 0 spiro atoms. The summed E-state index contributed by atoms with van der Waals surface area (Å²) in [5.74, 6) is 0.770. The summed E-state index contributed by atoms with van der Waals surface area (Å²) in [4.78, 5) is 8.05. The van der Waals surface area contributed by atoms with Gasteiger partial charge in [0.2, 0.25) is 0 Å². The van der Waals surface area contributed by atoms with E-state index in [2.05, 4.69) is 26.7 Å². The van der Waals surface area contributed by atoms with E-state index in [0.717, 1.165) is 11.4 Å². The molecule has 0 N–H and O–H groups in total. The van der Waals surface area contributed by atoms with E-state index in [-0.39, 0.29) is 0 Å². The summed E-state index contributed by atoms with van der Waals surface area (Å²) in [5.41, 5.74) is 2.50. The fourth-order valence-corrected chi connectivity index (χ4v) is 2.93. The summed E-state index contributed by atoms with van der Waals surface area (Å²) < 4.78 is 1.97. The van der Waals surface area contributed by atoms with Gasteiger partial charge in [-0.1, -0.05) is 35.9 Å². The Labute approximate surface area is 143 Å². The van der Waals surface area contributed by atoms with Crippen molar-refractivity contribution >= 4 is 11.8 Å². The molecule has 3 rings (SSSR count). The van der Waals surface area contributed by atoms with Gasteiger partial charge in [-0.25, -0.2) is 9.97 Å². The summed E-state index contributed by atoms with van der Waals surface area (Å²) in [6.07, 6.45) is 3.17. The molecule has 2 heterocycles. The molecule has 118 valence electrons. The van der Waals surface area contributed by atoms with Crippen molar-refractivity contribution in [2.45, 2.75) is 23.7 Å². The Morgan fingerprint density at radius 2 is 2.04 bits per heavy atom. The van der Waals surface area contributed by atoms with Gasteiger partial charge in [0.15, 0.2) is 11.0 Å². The van der Waals surface area contributed by atoms with Gasteiger partial charge in [-0.15, -0.1) is 16.8 Å². The largest absolute Gasteiger partial charge is 0.298 e. The number of hydrogen-bond donors (Lipinski definition) is 0. The van der Waals surface area contributed by atoms with Gasteiger partial charge in [0, 0.05) is 18.2 Å². The predicted octanol–water partition coefficient (Wildman–Crippen LogP) is 3.25. The molecule has 6 nitrogen and oxygen atoms in total. The lowest BCUT2D eigenvalue weighted by Gasteiger charge is -2.07. The molecule has 0 unspecified atom stereocenters. The maximum Gasteiger partial charge on any atom is 0.198 e. The number of benzene rings is 1. The van der Waals surface area contributed by atoms with Crippen LogP contribution in [0.1, 0.15) is 11.3 Å². The van der Waals surface area contributed by atoms with Crippen LogP contribution in [-0.4, -0.2) is 24.7 Å². The molecule has 0 aliphatic carbocycles. The lowest BCUT2D eigenvalue weighted by molar-refractivity contribution is 0.730. The van der Waals surface area contributed by atoms with E-state index in [1.54, 1.807) is 12.1 Å². The van der Waals surface area contributed by atoms with Crippen molar-refractivity contribution < 1.29 is 0 Å². The first-order valence-electron chi connectivity index (χ1n) is 7.22. The van der Waals surface area contributed by atoms with Gasteiger partial charge in [-0.05, 0) is 18.7 Å². The highest BCUT2D eigenvalue weighted by molar-refractivity contribution is 7.99. The van der Waals surface area contributed by atoms with E-state index in [1.807, 2.05) is 41.8 Å². The first kappa shape index (κ1) is 15.9. The molecule has 0 atom stereocenters. The number of allylic oxidation sites excluding steroid dienone is 1. The highest BCUT2D eigenvalue weighted by Gasteiger charge is 2.15. The van der Waals surface area contributed by atoms with Crippen LogP contribution < -0.4 is 0 Å². The van der Waals surface area contributed by atoms with Gasteiger partial charge in [-0.3, -0.25) is 4.57 Å². The normalized spacial score (nSPS) is 10.3. The third-order valence-corrected chi connectivity index (χ3v) is 4.21. The number of aryl methyl sites for hydroxylation is 1. The summed E-state index contributed by atoms with van der Waals surface area (Å²) in [7, 11) is 0. The Kier molecular flexibility index (Phi) is 4.68. The molecule has 0 aliphatic rings. The van der Waals surface area contributed by atoms with Crippen molar-refractivity contribution in [3.63, 3.8) is 0 Å². The lowest BCUT2D eigenvalue weighted by atomic mass is 10.1. The zero-order valence-electron chi connectivity index (χ0n) is 13.0. The second-order valence-electron chi connectivity index (χ2n) is 5.03.